The number of aliphatic imine (C=N–C) groups is 1. The van der Waals surface area contributed by atoms with Crippen molar-refractivity contribution < 1.29 is 43.8 Å². The van der Waals surface area contributed by atoms with Gasteiger partial charge in [-0.05, 0) is 19.4 Å². The molecule has 1 fully saturated rings. The lowest BCUT2D eigenvalue weighted by Gasteiger charge is -2.32. The van der Waals surface area contributed by atoms with Crippen molar-refractivity contribution in [3.63, 3.8) is 0 Å². The number of carbonyl (C=O) groups is 7. The van der Waals surface area contributed by atoms with E-state index in [1.54, 1.807) is 0 Å². The van der Waals surface area contributed by atoms with Crippen LogP contribution in [0.25, 0.3) is 0 Å². The molecule has 2 aliphatic rings. The van der Waals surface area contributed by atoms with E-state index in [-0.39, 0.29) is 18.8 Å². The molecule has 0 aromatic carbocycles. The van der Waals surface area contributed by atoms with E-state index in [1.165, 1.54) is 0 Å². The van der Waals surface area contributed by atoms with E-state index in [9.17, 15) is 43.8 Å². The zero-order chi connectivity index (χ0) is 36.0. The summed E-state index contributed by atoms with van der Waals surface area (Å²) in [7, 11) is 0. The monoisotopic (exact) mass is 684 g/mol. The topological polar surface area (TPSA) is 399 Å². The third-order valence-electron chi connectivity index (χ3n) is 6.93. The van der Waals surface area contributed by atoms with Crippen molar-refractivity contribution >= 4 is 47.4 Å². The van der Waals surface area contributed by atoms with Gasteiger partial charge in [-0.3, -0.25) is 28.8 Å². The fourth-order valence-corrected chi connectivity index (χ4v) is 4.41. The molecule has 23 heteroatoms. The number of primary amides is 1. The lowest BCUT2D eigenvalue weighted by molar-refractivity contribution is -0.134. The fourth-order valence-electron chi connectivity index (χ4n) is 4.41. The zero-order valence-corrected chi connectivity index (χ0v) is 25.9. The number of amides is 8. The third kappa shape index (κ3) is 12.6. The highest BCUT2D eigenvalue weighted by molar-refractivity contribution is 6.02. The molecule has 268 valence electrons. The number of nitrogens with zero attached hydrogens (tertiary/aromatic N) is 1. The molecule has 0 bridgehead atoms. The number of aliphatic hydroxyl groups is 2. The van der Waals surface area contributed by atoms with Crippen LogP contribution in [0.2, 0.25) is 0 Å². The highest BCUT2D eigenvalue weighted by Gasteiger charge is 2.36. The Morgan fingerprint density at radius 3 is 2.33 bits per heavy atom. The first-order valence-corrected chi connectivity index (χ1v) is 14.8. The van der Waals surface area contributed by atoms with Gasteiger partial charge in [0.2, 0.25) is 29.5 Å². The largest absolute Gasteiger partial charge is 0.394 e. The molecule has 1 unspecified atom stereocenters. The molecule has 2 heterocycles. The van der Waals surface area contributed by atoms with Gasteiger partial charge >= 0.3 is 6.03 Å². The summed E-state index contributed by atoms with van der Waals surface area (Å²) in [6.45, 7) is -1.69. The molecule has 8 amide bonds. The van der Waals surface area contributed by atoms with Crippen LogP contribution in [-0.4, -0.2) is 126 Å². The number of urea groups is 1. The molecule has 1 saturated heterocycles. The van der Waals surface area contributed by atoms with E-state index in [2.05, 4.69) is 42.2 Å². The minimum atomic E-state index is -1.66. The first kappa shape index (κ1) is 39.1. The first-order chi connectivity index (χ1) is 22.6. The SMILES string of the molecule is NCCC[C@H](N)CC(=O)NC[C@@H]1NC(=O)[C@H](CO)NC(=O)[C@@H](N)CNC(=O)[C@H](C2C[C@@H](O)N=C(N)N2)NC(=O)/C(=C/NC(N)=O)NC1=O. The summed E-state index contributed by atoms with van der Waals surface area (Å²) in [4.78, 5) is 93.7. The van der Waals surface area contributed by atoms with E-state index < -0.39 is 109 Å². The lowest BCUT2D eigenvalue weighted by atomic mass is 10.0. The van der Waals surface area contributed by atoms with Crippen molar-refractivity contribution in [3.8, 4) is 0 Å². The summed E-state index contributed by atoms with van der Waals surface area (Å²) in [5.74, 6) is -6.20. The molecule has 0 radical (unpaired) electrons. The van der Waals surface area contributed by atoms with E-state index >= 15 is 0 Å². The summed E-state index contributed by atoms with van der Waals surface area (Å²) in [6, 6.07) is -9.16. The van der Waals surface area contributed by atoms with Gasteiger partial charge in [0.1, 0.15) is 29.9 Å². The van der Waals surface area contributed by atoms with Gasteiger partial charge in [-0.15, -0.1) is 0 Å². The Morgan fingerprint density at radius 1 is 1.02 bits per heavy atom. The number of nitrogens with two attached hydrogens (primary N) is 5. The predicted molar refractivity (Wildman–Crippen MR) is 166 cm³/mol. The van der Waals surface area contributed by atoms with Gasteiger partial charge in [0.25, 0.3) is 5.91 Å². The Bertz CT molecular complexity index is 1280. The summed E-state index contributed by atoms with van der Waals surface area (Å²) in [6.07, 6.45) is -0.0650. The van der Waals surface area contributed by atoms with Crippen molar-refractivity contribution in [3.05, 3.63) is 11.9 Å². The molecule has 0 saturated carbocycles. The van der Waals surface area contributed by atoms with Crippen molar-refractivity contribution in [1.29, 1.82) is 0 Å². The molecule has 0 spiro atoms. The van der Waals surface area contributed by atoms with E-state index in [0.29, 0.717) is 25.6 Å². The van der Waals surface area contributed by atoms with Crippen LogP contribution in [0.5, 0.6) is 0 Å². The fraction of sp³-hybridized carbons (Fsp3) is 0.600. The molecule has 23 nitrogen and oxygen atoms in total. The van der Waals surface area contributed by atoms with Crippen LogP contribution in [0, 0.1) is 0 Å². The lowest BCUT2D eigenvalue weighted by Crippen LogP contribution is -2.64. The number of hydrogen-bond donors (Lipinski definition) is 15. The van der Waals surface area contributed by atoms with E-state index in [0.717, 1.165) is 0 Å². The minimum Gasteiger partial charge on any atom is -0.394 e. The van der Waals surface area contributed by atoms with Crippen LogP contribution in [-0.2, 0) is 28.8 Å². The van der Waals surface area contributed by atoms with Gasteiger partial charge in [0, 0.05) is 38.2 Å². The molecule has 0 aromatic rings. The number of nitrogens with one attached hydrogen (secondary N) is 8. The van der Waals surface area contributed by atoms with Crippen LogP contribution < -0.4 is 71.2 Å². The molecule has 48 heavy (non-hydrogen) atoms. The smallest absolute Gasteiger partial charge is 0.316 e. The summed E-state index contributed by atoms with van der Waals surface area (Å²) in [5.41, 5.74) is 27.4. The number of guanidine groups is 1. The molecule has 0 aromatic heterocycles. The minimum absolute atomic E-state index is 0.159. The van der Waals surface area contributed by atoms with Crippen molar-refractivity contribution in [2.24, 2.45) is 33.7 Å². The normalized spacial score (nSPS) is 27.6. The quantitative estimate of drug-likeness (QED) is 0.0950. The molecular weight excluding hydrogens is 640 g/mol. The average molecular weight is 685 g/mol. The van der Waals surface area contributed by atoms with Crippen molar-refractivity contribution in [2.75, 3.05) is 26.2 Å². The van der Waals surface area contributed by atoms with Crippen molar-refractivity contribution in [1.82, 2.24) is 42.5 Å². The Balaban J connectivity index is 2.48. The van der Waals surface area contributed by atoms with Gasteiger partial charge in [0.05, 0.1) is 12.6 Å². The Labute approximate surface area is 274 Å². The van der Waals surface area contributed by atoms with Gasteiger partial charge in [0.15, 0.2) is 12.2 Å². The zero-order valence-electron chi connectivity index (χ0n) is 25.9. The van der Waals surface area contributed by atoms with Gasteiger partial charge in [-0.1, -0.05) is 0 Å². The maximum Gasteiger partial charge on any atom is 0.316 e. The second-order valence-corrected chi connectivity index (χ2v) is 10.8. The van der Waals surface area contributed by atoms with Crippen LogP contribution in [0.15, 0.2) is 16.9 Å². The van der Waals surface area contributed by atoms with Gasteiger partial charge in [-0.2, -0.15) is 0 Å². The van der Waals surface area contributed by atoms with Crippen LogP contribution in [0.1, 0.15) is 25.7 Å². The van der Waals surface area contributed by atoms with Crippen LogP contribution in [0.4, 0.5) is 4.79 Å². The summed E-state index contributed by atoms with van der Waals surface area (Å²) >= 11 is 0. The molecule has 7 atom stereocenters. The third-order valence-corrected chi connectivity index (χ3v) is 6.93. The molecular formula is C25H44N14O9. The van der Waals surface area contributed by atoms with E-state index in [1.807, 2.05) is 5.32 Å². The molecule has 0 aliphatic carbocycles. The van der Waals surface area contributed by atoms with Crippen LogP contribution >= 0.6 is 0 Å². The molecule has 2 rings (SSSR count). The molecule has 20 N–H and O–H groups in total. The number of rotatable bonds is 10. The second-order valence-electron chi connectivity index (χ2n) is 10.8. The Kier molecular flexibility index (Phi) is 15.4. The maximum absolute atomic E-state index is 13.5. The Hall–Kier alpha value is -5.10. The number of hydrogen-bond acceptors (Lipinski definition) is 15. The number of aliphatic hydroxyl groups excluding tert-OH is 2. The van der Waals surface area contributed by atoms with Gasteiger partial charge in [-0.25, -0.2) is 9.79 Å². The number of carbonyl (C=O) groups excluding carboxylic acids is 7. The van der Waals surface area contributed by atoms with E-state index in [4.69, 9.17) is 28.7 Å². The highest BCUT2D eigenvalue weighted by atomic mass is 16.3. The standard InChI is InChI=1S/C25H44N14O9/c26-3-1-2-10(27)4-16(41)31-7-13-20(44)34-14(8-33-25(30)48)21(45)39-18(12-5-17(42)38-24(29)37-12)23(47)32-6-11(28)19(43)36-15(9-40)22(46)35-13/h8,10-13,15,17-18,40,42H,1-7,9,26-28H2,(H,31,41)(H,32,47)(H,34,44)(H,35,46)(H,36,43)(H,39,45)(H3,29,37,38)(H3,30,33,48)/b14-8-/t10-,11-,12?,13-,15-,17+,18-/m0/s1. The van der Waals surface area contributed by atoms with Crippen molar-refractivity contribution in [2.45, 2.75) is 68.2 Å². The second kappa shape index (κ2) is 18.9. The average Bonchev–Trinajstić information content (AvgIpc) is 3.02. The predicted octanol–water partition coefficient (Wildman–Crippen LogP) is -8.92. The summed E-state index contributed by atoms with van der Waals surface area (Å²) in [5, 5.41) is 38.4. The summed E-state index contributed by atoms with van der Waals surface area (Å²) < 4.78 is 0. The maximum atomic E-state index is 13.5. The Morgan fingerprint density at radius 2 is 1.71 bits per heavy atom. The highest BCUT2D eigenvalue weighted by Crippen LogP contribution is 2.11. The first-order valence-electron chi connectivity index (χ1n) is 14.8. The van der Waals surface area contributed by atoms with Crippen LogP contribution in [0.3, 0.4) is 0 Å². The van der Waals surface area contributed by atoms with Gasteiger partial charge < -0.3 is 81.4 Å². The molecule has 2 aliphatic heterocycles.